The van der Waals surface area contributed by atoms with Crippen LogP contribution in [0.25, 0.3) is 10.9 Å². The van der Waals surface area contributed by atoms with Crippen molar-refractivity contribution < 1.29 is 18.7 Å². The van der Waals surface area contributed by atoms with Crippen LogP contribution < -0.4 is 0 Å². The van der Waals surface area contributed by atoms with Crippen LogP contribution in [0.1, 0.15) is 64.7 Å². The van der Waals surface area contributed by atoms with E-state index in [1.54, 1.807) is 23.3 Å². The average molecular weight is 472 g/mol. The van der Waals surface area contributed by atoms with Crippen molar-refractivity contribution in [3.8, 4) is 0 Å². The smallest absolute Gasteiger partial charge is 0.266 e. The third-order valence-corrected chi connectivity index (χ3v) is 10.6. The molecule has 0 radical (unpaired) electrons. The number of hydrogen-bond donors (Lipinski definition) is 1. The van der Waals surface area contributed by atoms with Gasteiger partial charge in [-0.3, -0.25) is 14.5 Å². The van der Waals surface area contributed by atoms with Crippen molar-refractivity contribution in [2.45, 2.75) is 83.3 Å². The number of halogens is 2. The maximum absolute atomic E-state index is 13.6. The predicted octanol–water partition coefficient (Wildman–Crippen LogP) is 5.27. The maximum atomic E-state index is 13.6. The Labute approximate surface area is 199 Å². The molecule has 0 saturated heterocycles. The van der Waals surface area contributed by atoms with Crippen molar-refractivity contribution in [1.82, 2.24) is 14.8 Å². The number of aromatic nitrogens is 3. The Balaban J connectivity index is 1.18. The van der Waals surface area contributed by atoms with Crippen LogP contribution in [0, 0.1) is 40.9 Å². The molecule has 0 amide bonds. The van der Waals surface area contributed by atoms with Crippen molar-refractivity contribution in [3.63, 3.8) is 0 Å². The number of alkyl halides is 2. The van der Waals surface area contributed by atoms with Gasteiger partial charge in [0.15, 0.2) is 5.78 Å². The van der Waals surface area contributed by atoms with Crippen molar-refractivity contribution in [2.75, 3.05) is 0 Å². The normalized spacial score (nSPS) is 41.8. The minimum absolute atomic E-state index is 0.0185. The maximum Gasteiger partial charge on any atom is 0.266 e. The molecule has 2 aromatic rings. The lowest BCUT2D eigenvalue weighted by Gasteiger charge is -2.57. The minimum atomic E-state index is -2.65. The summed E-state index contributed by atoms with van der Waals surface area (Å²) in [4.78, 5) is 17.8. The third kappa shape index (κ3) is 3.36. The minimum Gasteiger partial charge on any atom is -0.384 e. The molecule has 0 aliphatic heterocycles. The molecule has 1 N–H and O–H groups in total. The summed E-state index contributed by atoms with van der Waals surface area (Å²) >= 11 is 0. The Morgan fingerprint density at radius 3 is 2.76 bits per heavy atom. The summed E-state index contributed by atoms with van der Waals surface area (Å²) in [5.41, 5.74) is -0.863. The molecule has 1 unspecified atom stereocenters. The highest BCUT2D eigenvalue weighted by Crippen LogP contribution is 2.65. The fraction of sp³-hybridized carbons (Fsp3) is 0.741. The van der Waals surface area contributed by atoms with Crippen molar-refractivity contribution in [2.24, 2.45) is 40.9 Å². The Hall–Kier alpha value is -1.89. The lowest BCUT2D eigenvalue weighted by atomic mass is 9.49. The number of rotatable bonds is 4. The zero-order valence-electron chi connectivity index (χ0n) is 19.9. The highest BCUT2D eigenvalue weighted by molar-refractivity contribution is 5.84. The van der Waals surface area contributed by atoms with E-state index in [-0.39, 0.29) is 35.9 Å². The molecular weight excluding hydrogens is 436 g/mol. The number of pyridine rings is 1. The van der Waals surface area contributed by atoms with E-state index in [2.05, 4.69) is 17.0 Å². The first kappa shape index (κ1) is 22.6. The number of nitrogens with zero attached hydrogens (tertiary/aromatic N) is 3. The first-order chi connectivity index (χ1) is 16.3. The third-order valence-electron chi connectivity index (χ3n) is 10.6. The molecule has 4 saturated carbocycles. The second-order valence-corrected chi connectivity index (χ2v) is 12.0. The molecular formula is C27H35F2N3O2. The van der Waals surface area contributed by atoms with Gasteiger partial charge in [-0.1, -0.05) is 6.92 Å². The van der Waals surface area contributed by atoms with Gasteiger partial charge in [-0.2, -0.15) is 5.10 Å². The largest absolute Gasteiger partial charge is 0.384 e. The topological polar surface area (TPSA) is 68.0 Å². The van der Waals surface area contributed by atoms with E-state index in [0.717, 1.165) is 55.8 Å². The highest BCUT2D eigenvalue weighted by Gasteiger charge is 2.59. The monoisotopic (exact) mass is 471 g/mol. The van der Waals surface area contributed by atoms with Crippen molar-refractivity contribution >= 4 is 16.7 Å². The van der Waals surface area contributed by atoms with Gasteiger partial charge in [-0.05, 0) is 98.9 Å². The van der Waals surface area contributed by atoms with Gasteiger partial charge in [0.05, 0.1) is 17.9 Å². The molecule has 2 heterocycles. The summed E-state index contributed by atoms with van der Waals surface area (Å²) in [6, 6.07) is 1.92. The predicted molar refractivity (Wildman–Crippen MR) is 124 cm³/mol. The summed E-state index contributed by atoms with van der Waals surface area (Å²) in [5, 5.41) is 15.9. The van der Waals surface area contributed by atoms with Crippen LogP contribution in [0.2, 0.25) is 0 Å². The van der Waals surface area contributed by atoms with E-state index in [1.165, 1.54) is 0 Å². The zero-order valence-corrected chi connectivity index (χ0v) is 19.9. The molecule has 0 bridgehead atoms. The number of hydrogen-bond acceptors (Lipinski definition) is 4. The molecule has 34 heavy (non-hydrogen) atoms. The SMILES string of the molecule is C[C@]12CC[C@@H]3C4CC[C@](O)(C(F)F)C[C@H]4CC[C@H]3[C@@H]1CC[C@H]2C(=O)Cn1ncc2ccncc21. The Morgan fingerprint density at radius 2 is 1.94 bits per heavy atom. The number of carbonyl (C=O) groups excluding carboxylic acids is 1. The summed E-state index contributed by atoms with van der Waals surface area (Å²) in [6.45, 7) is 2.64. The van der Waals surface area contributed by atoms with E-state index in [9.17, 15) is 18.7 Å². The van der Waals surface area contributed by atoms with Crippen LogP contribution in [0.15, 0.2) is 24.7 Å². The molecule has 2 aromatic heterocycles. The Morgan fingerprint density at radius 1 is 1.12 bits per heavy atom. The number of aliphatic hydroxyl groups is 1. The van der Waals surface area contributed by atoms with Crippen molar-refractivity contribution in [1.29, 1.82) is 0 Å². The van der Waals surface area contributed by atoms with E-state index in [4.69, 9.17) is 0 Å². The van der Waals surface area contributed by atoms with Crippen LogP contribution in [0.3, 0.4) is 0 Å². The van der Waals surface area contributed by atoms with Gasteiger partial charge in [0, 0.05) is 17.5 Å². The molecule has 7 heteroatoms. The lowest BCUT2D eigenvalue weighted by molar-refractivity contribution is -0.160. The van der Waals surface area contributed by atoms with Crippen LogP contribution >= 0.6 is 0 Å². The van der Waals surface area contributed by atoms with Gasteiger partial charge in [-0.15, -0.1) is 0 Å². The molecule has 4 aliphatic rings. The molecule has 5 nitrogen and oxygen atoms in total. The molecule has 0 aromatic carbocycles. The molecule has 8 atom stereocenters. The van der Waals surface area contributed by atoms with Gasteiger partial charge in [0.25, 0.3) is 6.43 Å². The molecule has 0 spiro atoms. The Bertz CT molecular complexity index is 1090. The van der Waals surface area contributed by atoms with Gasteiger partial charge < -0.3 is 5.11 Å². The molecule has 4 aliphatic carbocycles. The summed E-state index contributed by atoms with van der Waals surface area (Å²) < 4.78 is 28.7. The number of ketones is 1. The number of fused-ring (bicyclic) bond motifs is 6. The second-order valence-electron chi connectivity index (χ2n) is 12.0. The summed E-state index contributed by atoms with van der Waals surface area (Å²) in [5.74, 6) is 2.71. The highest BCUT2D eigenvalue weighted by atomic mass is 19.3. The van der Waals surface area contributed by atoms with Gasteiger partial charge in [0.1, 0.15) is 12.1 Å². The van der Waals surface area contributed by atoms with E-state index < -0.39 is 12.0 Å². The average Bonchev–Trinajstić information content (AvgIpc) is 3.39. The summed E-state index contributed by atoms with van der Waals surface area (Å²) in [6.07, 6.45) is 10.0. The van der Waals surface area contributed by atoms with E-state index in [0.29, 0.717) is 30.2 Å². The van der Waals surface area contributed by atoms with Crippen LogP contribution in [-0.4, -0.2) is 37.7 Å². The molecule has 184 valence electrons. The van der Waals surface area contributed by atoms with Gasteiger partial charge >= 0.3 is 0 Å². The van der Waals surface area contributed by atoms with E-state index >= 15 is 0 Å². The molecule has 6 rings (SSSR count). The van der Waals surface area contributed by atoms with E-state index in [1.807, 2.05) is 6.07 Å². The quantitative estimate of drug-likeness (QED) is 0.660. The van der Waals surface area contributed by atoms with Gasteiger partial charge in [-0.25, -0.2) is 8.78 Å². The Kier molecular flexibility index (Phi) is 5.36. The number of carbonyl (C=O) groups is 1. The van der Waals surface area contributed by atoms with Crippen LogP contribution in [0.5, 0.6) is 0 Å². The second kappa shape index (κ2) is 8.07. The summed E-state index contributed by atoms with van der Waals surface area (Å²) in [7, 11) is 0. The lowest BCUT2D eigenvalue weighted by Crippen LogP contribution is -2.53. The molecule has 4 fully saturated rings. The first-order valence-corrected chi connectivity index (χ1v) is 13.1. The van der Waals surface area contributed by atoms with Crippen LogP contribution in [0.4, 0.5) is 8.78 Å². The van der Waals surface area contributed by atoms with Gasteiger partial charge in [0.2, 0.25) is 0 Å². The number of Topliss-reactive ketones (excluding diaryl/α,β-unsaturated/α-hetero) is 1. The van der Waals surface area contributed by atoms with Crippen LogP contribution in [-0.2, 0) is 11.3 Å². The fourth-order valence-electron chi connectivity index (χ4n) is 8.94. The van der Waals surface area contributed by atoms with Crippen molar-refractivity contribution in [3.05, 3.63) is 24.7 Å². The first-order valence-electron chi connectivity index (χ1n) is 13.1. The fourth-order valence-corrected chi connectivity index (χ4v) is 8.94. The zero-order chi connectivity index (χ0) is 23.7. The standard InChI is InChI=1S/C27H35F2N3O2/c1-26-9-6-19-18-7-10-27(34,25(28)29)12-16(18)2-3-20(19)21(26)4-5-22(26)24(33)15-32-23-14-30-11-8-17(23)13-31-32/h8,11,13-14,16,18-22,25,34H,2-7,9-10,12,15H2,1H3/t16-,18?,19-,20-,21+,22+,26+,27-/m1/s1.